The van der Waals surface area contributed by atoms with Crippen LogP contribution in [0.5, 0.6) is 5.75 Å². The number of aromatic carboxylic acids is 1. The van der Waals surface area contributed by atoms with Crippen LogP contribution in [0.4, 0.5) is 5.69 Å². The quantitative estimate of drug-likeness (QED) is 0.240. The summed E-state index contributed by atoms with van der Waals surface area (Å²) in [7, 11) is 0. The van der Waals surface area contributed by atoms with Crippen LogP contribution < -0.4 is 21.1 Å². The first-order valence-electron chi connectivity index (χ1n) is 12.9. The first-order chi connectivity index (χ1) is 19.4. The molecule has 1 aliphatic rings. The lowest BCUT2D eigenvalue weighted by atomic mass is 9.92. The monoisotopic (exact) mass is 556 g/mol. The largest absolute Gasteiger partial charge is 0.493 e. The Morgan fingerprint density at radius 3 is 2.52 bits per heavy atom. The number of carbonyl (C=O) groups is 3. The number of ether oxygens (including phenoxy) is 1. The molecule has 5 rings (SSSR count). The van der Waals surface area contributed by atoms with Crippen molar-refractivity contribution in [2.45, 2.75) is 26.3 Å². The van der Waals surface area contributed by atoms with Crippen molar-refractivity contribution < 1.29 is 24.2 Å². The van der Waals surface area contributed by atoms with E-state index in [1.54, 1.807) is 35.6 Å². The summed E-state index contributed by atoms with van der Waals surface area (Å²) in [6.07, 6.45) is 1.44. The normalized spacial score (nSPS) is 11.9. The maximum Gasteiger partial charge on any atom is 0.355 e. The molecule has 0 fully saturated rings. The summed E-state index contributed by atoms with van der Waals surface area (Å²) in [5.74, 6) is -1.68. The van der Waals surface area contributed by atoms with Gasteiger partial charge < -0.3 is 26.2 Å². The summed E-state index contributed by atoms with van der Waals surface area (Å²) in [5, 5.41) is 17.7. The Balaban J connectivity index is 1.65. The molecule has 0 saturated heterocycles. The van der Waals surface area contributed by atoms with Gasteiger partial charge in [-0.1, -0.05) is 19.1 Å². The minimum Gasteiger partial charge on any atom is -0.493 e. The first-order valence-corrected chi connectivity index (χ1v) is 13.8. The van der Waals surface area contributed by atoms with Gasteiger partial charge in [0.15, 0.2) is 5.69 Å². The maximum absolute atomic E-state index is 13.8. The average Bonchev–Trinajstić information content (AvgIpc) is 3.37. The minimum atomic E-state index is -1.32. The van der Waals surface area contributed by atoms with Crippen molar-refractivity contribution in [3.8, 4) is 28.0 Å². The highest BCUT2D eigenvalue weighted by Crippen LogP contribution is 2.42. The molecule has 0 spiro atoms. The first kappa shape index (κ1) is 27.0. The van der Waals surface area contributed by atoms with Crippen molar-refractivity contribution in [2.24, 2.45) is 5.73 Å². The summed E-state index contributed by atoms with van der Waals surface area (Å²) in [6, 6.07) is 15.6. The summed E-state index contributed by atoms with van der Waals surface area (Å²) < 4.78 is 6.07. The molecule has 4 aromatic rings. The number of fused-ring (bicyclic) bond motifs is 3. The van der Waals surface area contributed by atoms with Crippen molar-refractivity contribution in [3.05, 3.63) is 87.4 Å². The third kappa shape index (κ3) is 5.45. The Hall–Kier alpha value is -4.54. The van der Waals surface area contributed by atoms with E-state index in [0.29, 0.717) is 36.7 Å². The number of anilines is 1. The van der Waals surface area contributed by atoms with Crippen molar-refractivity contribution in [3.63, 3.8) is 0 Å². The number of hydrogen-bond donors (Lipinski definition) is 4. The fourth-order valence-electron chi connectivity index (χ4n) is 4.57. The number of thiophene rings is 1. The van der Waals surface area contributed by atoms with E-state index in [-0.39, 0.29) is 22.5 Å². The highest BCUT2D eigenvalue weighted by atomic mass is 32.1. The molecule has 9 nitrogen and oxygen atoms in total. The van der Waals surface area contributed by atoms with Crippen LogP contribution in [0.3, 0.4) is 0 Å². The van der Waals surface area contributed by atoms with Gasteiger partial charge >= 0.3 is 5.97 Å². The molecule has 0 aliphatic carbocycles. The Kier molecular flexibility index (Phi) is 7.90. The highest BCUT2D eigenvalue weighted by molar-refractivity contribution is 7.10. The van der Waals surface area contributed by atoms with Crippen molar-refractivity contribution in [2.75, 3.05) is 18.5 Å². The second-order valence-electron chi connectivity index (χ2n) is 9.26. The molecule has 0 unspecified atom stereocenters. The Labute approximate surface area is 235 Å². The van der Waals surface area contributed by atoms with E-state index in [2.05, 4.69) is 15.6 Å². The lowest BCUT2D eigenvalue weighted by Gasteiger charge is -2.17. The van der Waals surface area contributed by atoms with Crippen molar-refractivity contribution in [1.29, 1.82) is 0 Å². The van der Waals surface area contributed by atoms with Gasteiger partial charge in [-0.05, 0) is 65.4 Å². The predicted molar refractivity (Wildman–Crippen MR) is 154 cm³/mol. The molecule has 2 amide bonds. The summed E-state index contributed by atoms with van der Waals surface area (Å²) in [5.41, 5.74) is 9.34. The van der Waals surface area contributed by atoms with Crippen LogP contribution in [0.25, 0.3) is 22.3 Å². The number of nitrogens with zero attached hydrogens (tertiary/aromatic N) is 1. The summed E-state index contributed by atoms with van der Waals surface area (Å²) in [6.45, 7) is 3.18. The van der Waals surface area contributed by atoms with Gasteiger partial charge in [-0.3, -0.25) is 9.59 Å². The number of nitrogens with two attached hydrogens (primary N) is 1. The van der Waals surface area contributed by atoms with E-state index in [1.807, 2.05) is 30.5 Å². The molecule has 0 saturated carbocycles. The van der Waals surface area contributed by atoms with Crippen LogP contribution in [0.1, 0.15) is 55.1 Å². The molecule has 40 heavy (non-hydrogen) atoms. The van der Waals surface area contributed by atoms with E-state index >= 15 is 0 Å². The van der Waals surface area contributed by atoms with Gasteiger partial charge in [0.1, 0.15) is 11.4 Å². The van der Waals surface area contributed by atoms with Crippen LogP contribution in [-0.2, 0) is 13.0 Å². The maximum atomic E-state index is 13.8. The number of rotatable bonds is 8. The number of carboxylic acids is 1. The fraction of sp³-hybridized carbons (Fsp3) is 0.200. The highest BCUT2D eigenvalue weighted by Gasteiger charge is 2.26. The molecule has 1 aliphatic heterocycles. The van der Waals surface area contributed by atoms with Gasteiger partial charge in [0.2, 0.25) is 0 Å². The lowest BCUT2D eigenvalue weighted by Crippen LogP contribution is -2.25. The number of hydrogen-bond acceptors (Lipinski definition) is 7. The van der Waals surface area contributed by atoms with E-state index in [4.69, 9.17) is 10.5 Å². The number of nitrogens with one attached hydrogen (secondary N) is 2. The number of carbonyl (C=O) groups excluding carboxylic acids is 2. The molecule has 3 heterocycles. The number of aromatic nitrogens is 1. The molecular formula is C30H28N4O5S. The van der Waals surface area contributed by atoms with Crippen molar-refractivity contribution in [1.82, 2.24) is 10.3 Å². The van der Waals surface area contributed by atoms with Gasteiger partial charge in [0.05, 0.1) is 6.61 Å². The van der Waals surface area contributed by atoms with Crippen LogP contribution in [-0.4, -0.2) is 41.0 Å². The average molecular weight is 557 g/mol. The van der Waals surface area contributed by atoms with Gasteiger partial charge in [0, 0.05) is 52.3 Å². The van der Waals surface area contributed by atoms with Crippen LogP contribution in [0, 0.1) is 0 Å². The van der Waals surface area contributed by atoms with E-state index in [1.165, 1.54) is 12.1 Å². The smallest absolute Gasteiger partial charge is 0.355 e. The Morgan fingerprint density at radius 2 is 1.80 bits per heavy atom. The third-order valence-electron chi connectivity index (χ3n) is 6.59. The number of benzene rings is 2. The molecule has 0 radical (unpaired) electrons. The number of pyridine rings is 1. The van der Waals surface area contributed by atoms with Crippen LogP contribution in [0.2, 0.25) is 0 Å². The van der Waals surface area contributed by atoms with Crippen LogP contribution >= 0.6 is 11.3 Å². The minimum absolute atomic E-state index is 0.0190. The second kappa shape index (κ2) is 11.7. The molecular weight excluding hydrogens is 528 g/mol. The molecule has 0 bridgehead atoms. The predicted octanol–water partition coefficient (Wildman–Crippen LogP) is 4.96. The molecule has 0 atom stereocenters. The Bertz CT molecular complexity index is 1600. The van der Waals surface area contributed by atoms with E-state index in [0.717, 1.165) is 34.4 Å². The fourth-order valence-corrected chi connectivity index (χ4v) is 5.44. The molecule has 2 aromatic heterocycles. The number of carboxylic acid groups (broad SMARTS) is 1. The second-order valence-corrected chi connectivity index (χ2v) is 10.3. The molecule has 2 aromatic carbocycles. The SMILES string of the molecule is CCCNC(=O)c1ccc(-c2cc3c(cc2C(=O)Nc2ccc(CN)cc2)-c2ccsc2CCO3)c(C(=O)O)n1. The third-order valence-corrected chi connectivity index (χ3v) is 7.57. The standard InChI is InChI=1S/C30H28N4O5S/c1-2-11-32-29(36)24-8-7-20(27(34-24)30(37)38)21-15-25-22(19-10-13-40-26(19)9-12-39-25)14-23(21)28(35)33-18-5-3-17(16-31)4-6-18/h3-8,10,13-15H,2,9,11-12,16,31H2,1H3,(H,32,36)(H,33,35)(H,37,38). The summed E-state index contributed by atoms with van der Waals surface area (Å²) in [4.78, 5) is 43.9. The zero-order valence-electron chi connectivity index (χ0n) is 21.8. The lowest BCUT2D eigenvalue weighted by molar-refractivity contribution is 0.0691. The summed E-state index contributed by atoms with van der Waals surface area (Å²) >= 11 is 1.62. The van der Waals surface area contributed by atoms with Gasteiger partial charge in [-0.25, -0.2) is 9.78 Å². The Morgan fingerprint density at radius 1 is 1.00 bits per heavy atom. The topological polar surface area (TPSA) is 144 Å². The van der Waals surface area contributed by atoms with Crippen LogP contribution in [0.15, 0.2) is 60.0 Å². The van der Waals surface area contributed by atoms with Crippen molar-refractivity contribution >= 4 is 34.8 Å². The van der Waals surface area contributed by atoms with Gasteiger partial charge in [-0.2, -0.15) is 0 Å². The zero-order chi connectivity index (χ0) is 28.2. The molecule has 10 heteroatoms. The van der Waals surface area contributed by atoms with E-state index < -0.39 is 17.8 Å². The zero-order valence-corrected chi connectivity index (χ0v) is 22.6. The molecule has 204 valence electrons. The van der Waals surface area contributed by atoms with Gasteiger partial charge in [-0.15, -0.1) is 11.3 Å². The van der Waals surface area contributed by atoms with E-state index in [9.17, 15) is 19.5 Å². The molecule has 5 N–H and O–H groups in total. The number of amides is 2. The van der Waals surface area contributed by atoms with Gasteiger partial charge in [0.25, 0.3) is 11.8 Å².